The van der Waals surface area contributed by atoms with Crippen molar-refractivity contribution in [3.63, 3.8) is 0 Å². The van der Waals surface area contributed by atoms with E-state index in [4.69, 9.17) is 18.4 Å². The molecule has 27 heavy (non-hydrogen) atoms. The largest absolute Gasteiger partial charge is 0.493 e. The van der Waals surface area contributed by atoms with Crippen molar-refractivity contribution in [1.29, 1.82) is 0 Å². The van der Waals surface area contributed by atoms with Gasteiger partial charge in [0.15, 0.2) is 23.0 Å². The highest BCUT2D eigenvalue weighted by Gasteiger charge is 2.12. The molecule has 0 aliphatic carbocycles. The minimum atomic E-state index is -3.61. The minimum absolute atomic E-state index is 0.166. The minimum Gasteiger partial charge on any atom is -0.493 e. The van der Waals surface area contributed by atoms with E-state index in [0.717, 1.165) is 30.4 Å². The Hall–Kier alpha value is -2.41. The van der Waals surface area contributed by atoms with Gasteiger partial charge in [0.2, 0.25) is 0 Å². The third kappa shape index (κ3) is 7.02. The highest BCUT2D eigenvalue weighted by atomic mass is 32.2. The summed E-state index contributed by atoms with van der Waals surface area (Å²) in [6.45, 7) is 3.23. The average Bonchev–Trinajstić information content (AvgIpc) is 2.63. The van der Waals surface area contributed by atoms with E-state index >= 15 is 0 Å². The predicted octanol–water partition coefficient (Wildman–Crippen LogP) is 3.83. The zero-order chi connectivity index (χ0) is 19.7. The van der Waals surface area contributed by atoms with Gasteiger partial charge in [-0.3, -0.25) is 0 Å². The van der Waals surface area contributed by atoms with Crippen molar-refractivity contribution in [2.45, 2.75) is 26.2 Å². The van der Waals surface area contributed by atoms with Crippen molar-refractivity contribution in [1.82, 2.24) is 0 Å². The third-order valence-corrected chi connectivity index (χ3v) is 4.20. The van der Waals surface area contributed by atoms with Crippen LogP contribution in [-0.4, -0.2) is 35.0 Å². The monoisotopic (exact) mass is 394 g/mol. The maximum absolute atomic E-state index is 11.3. The van der Waals surface area contributed by atoms with Crippen LogP contribution in [0, 0.1) is 0 Å². The van der Waals surface area contributed by atoms with Gasteiger partial charge in [0.1, 0.15) is 0 Å². The molecule has 2 aromatic rings. The maximum atomic E-state index is 11.3. The third-order valence-electron chi connectivity index (χ3n) is 3.72. The van der Waals surface area contributed by atoms with Crippen molar-refractivity contribution in [2.75, 3.05) is 26.6 Å². The van der Waals surface area contributed by atoms with Gasteiger partial charge in [-0.1, -0.05) is 31.5 Å². The van der Waals surface area contributed by atoms with Crippen molar-refractivity contribution >= 4 is 10.1 Å². The molecule has 0 radical (unpaired) electrons. The van der Waals surface area contributed by atoms with Gasteiger partial charge in [-0.05, 0) is 36.2 Å². The molecular formula is C20H26O6S. The van der Waals surface area contributed by atoms with Crippen LogP contribution in [0.1, 0.15) is 25.3 Å². The Balaban J connectivity index is 1.97. The molecule has 0 atom stereocenters. The molecule has 148 valence electrons. The Morgan fingerprint density at radius 1 is 0.889 bits per heavy atom. The van der Waals surface area contributed by atoms with E-state index in [1.165, 1.54) is 7.11 Å². The molecule has 0 saturated carbocycles. The fourth-order valence-electron chi connectivity index (χ4n) is 2.39. The van der Waals surface area contributed by atoms with E-state index in [1.54, 1.807) is 18.2 Å². The molecule has 6 nitrogen and oxygen atoms in total. The number of para-hydroxylation sites is 2. The predicted molar refractivity (Wildman–Crippen MR) is 105 cm³/mol. The van der Waals surface area contributed by atoms with Gasteiger partial charge in [-0.25, -0.2) is 0 Å². The molecular weight excluding hydrogens is 368 g/mol. The van der Waals surface area contributed by atoms with Crippen LogP contribution in [0.25, 0.3) is 0 Å². The fourth-order valence-corrected chi connectivity index (χ4v) is 2.86. The summed E-state index contributed by atoms with van der Waals surface area (Å²) in [6.07, 6.45) is 3.69. The number of ether oxygens (including phenoxy) is 3. The quantitative estimate of drug-likeness (QED) is 0.426. The number of hydrogen-bond acceptors (Lipinski definition) is 6. The molecule has 7 heteroatoms. The van der Waals surface area contributed by atoms with Gasteiger partial charge in [0.25, 0.3) is 0 Å². The van der Waals surface area contributed by atoms with Crippen LogP contribution in [0.4, 0.5) is 0 Å². The lowest BCUT2D eigenvalue weighted by Gasteiger charge is -2.13. The Kier molecular flexibility index (Phi) is 7.79. The molecule has 2 rings (SSSR count). The number of rotatable bonds is 11. The highest BCUT2D eigenvalue weighted by Crippen LogP contribution is 2.30. The number of benzene rings is 2. The number of unbranched alkanes of at least 4 members (excludes halogenated alkanes) is 1. The lowest BCUT2D eigenvalue weighted by atomic mass is 10.1. The molecule has 0 N–H and O–H groups in total. The molecule has 0 saturated heterocycles. The molecule has 0 bridgehead atoms. The molecule has 0 spiro atoms. The van der Waals surface area contributed by atoms with E-state index in [-0.39, 0.29) is 5.75 Å². The van der Waals surface area contributed by atoms with Gasteiger partial charge in [-0.2, -0.15) is 8.42 Å². The highest BCUT2D eigenvalue weighted by molar-refractivity contribution is 7.86. The van der Waals surface area contributed by atoms with Gasteiger partial charge < -0.3 is 18.4 Å². The summed E-state index contributed by atoms with van der Waals surface area (Å²) in [5, 5.41) is 0. The van der Waals surface area contributed by atoms with Gasteiger partial charge in [-0.15, -0.1) is 0 Å². The molecule has 0 fully saturated rings. The first kappa shape index (κ1) is 20.9. The summed E-state index contributed by atoms with van der Waals surface area (Å²) in [7, 11) is -2.14. The van der Waals surface area contributed by atoms with Crippen LogP contribution < -0.4 is 18.4 Å². The van der Waals surface area contributed by atoms with E-state index in [0.29, 0.717) is 31.1 Å². The van der Waals surface area contributed by atoms with Crippen LogP contribution in [0.2, 0.25) is 0 Å². The van der Waals surface area contributed by atoms with Crippen molar-refractivity contribution in [3.8, 4) is 23.0 Å². The Morgan fingerprint density at radius 2 is 1.56 bits per heavy atom. The fraction of sp³-hybridized carbons (Fsp3) is 0.400. The number of hydrogen-bond donors (Lipinski definition) is 0. The number of methoxy groups -OCH3 is 1. The van der Waals surface area contributed by atoms with Crippen molar-refractivity contribution < 1.29 is 26.8 Å². The molecule has 0 amide bonds. The van der Waals surface area contributed by atoms with Gasteiger partial charge in [0, 0.05) is 6.42 Å². The first-order valence-corrected chi connectivity index (χ1v) is 10.7. The summed E-state index contributed by atoms with van der Waals surface area (Å²) in [5.41, 5.74) is 0.942. The van der Waals surface area contributed by atoms with Crippen LogP contribution in [0.3, 0.4) is 0 Å². The lowest BCUT2D eigenvalue weighted by Crippen LogP contribution is -2.08. The first-order chi connectivity index (χ1) is 12.9. The summed E-state index contributed by atoms with van der Waals surface area (Å²) < 4.78 is 44.4. The van der Waals surface area contributed by atoms with E-state index in [9.17, 15) is 8.42 Å². The molecule has 0 aliphatic rings. The Labute approximate surface area is 161 Å². The van der Waals surface area contributed by atoms with Crippen LogP contribution in [0.15, 0.2) is 42.5 Å². The van der Waals surface area contributed by atoms with E-state index in [1.807, 2.05) is 24.3 Å². The SMILES string of the molecule is CCCCOc1ccccc1OCCc1ccc(OS(C)(=O)=O)c(OC)c1. The lowest BCUT2D eigenvalue weighted by molar-refractivity contribution is 0.266. The second kappa shape index (κ2) is 10.1. The Bertz CT molecular complexity index is 832. The smallest absolute Gasteiger partial charge is 0.306 e. The summed E-state index contributed by atoms with van der Waals surface area (Å²) >= 11 is 0. The molecule has 0 aliphatic heterocycles. The van der Waals surface area contributed by atoms with E-state index < -0.39 is 10.1 Å². The maximum Gasteiger partial charge on any atom is 0.306 e. The second-order valence-electron chi connectivity index (χ2n) is 6.02. The van der Waals surface area contributed by atoms with Crippen molar-refractivity contribution in [3.05, 3.63) is 48.0 Å². The standard InChI is InChI=1S/C20H26O6S/c1-4-5-13-24-17-8-6-7-9-18(17)25-14-12-16-10-11-19(20(15-16)23-2)26-27(3,21)22/h6-11,15H,4-5,12-14H2,1-3H3. The summed E-state index contributed by atoms with van der Waals surface area (Å²) in [5.74, 6) is 1.97. The first-order valence-electron chi connectivity index (χ1n) is 8.84. The molecule has 0 aromatic heterocycles. The summed E-state index contributed by atoms with van der Waals surface area (Å²) in [4.78, 5) is 0. The normalized spacial score (nSPS) is 11.1. The van der Waals surface area contributed by atoms with Crippen LogP contribution >= 0.6 is 0 Å². The zero-order valence-corrected chi connectivity index (χ0v) is 16.8. The average molecular weight is 394 g/mol. The van der Waals surface area contributed by atoms with Crippen LogP contribution in [0.5, 0.6) is 23.0 Å². The molecule has 0 heterocycles. The molecule has 0 unspecified atom stereocenters. The van der Waals surface area contributed by atoms with Crippen LogP contribution in [-0.2, 0) is 16.5 Å². The van der Waals surface area contributed by atoms with Crippen molar-refractivity contribution in [2.24, 2.45) is 0 Å². The van der Waals surface area contributed by atoms with Gasteiger partial charge >= 0.3 is 10.1 Å². The summed E-state index contributed by atoms with van der Waals surface area (Å²) in [6, 6.07) is 12.7. The molecule has 2 aromatic carbocycles. The second-order valence-corrected chi connectivity index (χ2v) is 7.59. The zero-order valence-electron chi connectivity index (χ0n) is 15.9. The topological polar surface area (TPSA) is 71.1 Å². The van der Waals surface area contributed by atoms with Gasteiger partial charge in [0.05, 0.1) is 26.6 Å². The Morgan fingerprint density at radius 3 is 2.15 bits per heavy atom. The van der Waals surface area contributed by atoms with E-state index in [2.05, 4.69) is 6.92 Å².